The van der Waals surface area contributed by atoms with Gasteiger partial charge in [0.15, 0.2) is 0 Å². The van der Waals surface area contributed by atoms with E-state index in [0.717, 1.165) is 43.2 Å². The first kappa shape index (κ1) is 18.1. The molecule has 0 saturated carbocycles. The van der Waals surface area contributed by atoms with Crippen LogP contribution in [0.3, 0.4) is 0 Å². The predicted octanol–water partition coefficient (Wildman–Crippen LogP) is 1.77. The molecule has 0 atom stereocenters. The molecule has 1 aromatic heterocycles. The molecule has 2 heterocycles. The number of anilines is 1. The lowest BCUT2D eigenvalue weighted by atomic mass is 10.1. The van der Waals surface area contributed by atoms with E-state index in [2.05, 4.69) is 32.6 Å². The van der Waals surface area contributed by atoms with Gasteiger partial charge in [0, 0.05) is 37.9 Å². The first-order valence-electron chi connectivity index (χ1n) is 9.22. The second kappa shape index (κ2) is 8.18. The number of morpholine rings is 1. The van der Waals surface area contributed by atoms with Gasteiger partial charge >= 0.3 is 0 Å². The Labute approximate surface area is 163 Å². The number of nitrogens with zero attached hydrogens (tertiary/aromatic N) is 6. The first-order valence-corrected chi connectivity index (χ1v) is 9.22. The smallest absolute Gasteiger partial charge is 0.253 e. The molecule has 3 aromatic rings. The quantitative estimate of drug-likeness (QED) is 0.674. The highest BCUT2D eigenvalue weighted by molar-refractivity contribution is 5.94. The number of carbonyl (C=O) groups is 1. The molecule has 1 aliphatic heterocycles. The van der Waals surface area contributed by atoms with Crippen molar-refractivity contribution in [2.45, 2.75) is 6.54 Å². The second-order valence-corrected chi connectivity index (χ2v) is 6.69. The molecule has 1 amide bonds. The molecule has 0 N–H and O–H groups in total. The van der Waals surface area contributed by atoms with Gasteiger partial charge in [0.25, 0.3) is 5.91 Å². The average Bonchev–Trinajstić information content (AvgIpc) is 3.29. The fourth-order valence-electron chi connectivity index (χ4n) is 3.37. The Hall–Kier alpha value is -3.26. The molecule has 1 fully saturated rings. The highest BCUT2D eigenvalue weighted by atomic mass is 16.5. The third-order valence-corrected chi connectivity index (χ3v) is 4.80. The fourth-order valence-corrected chi connectivity index (χ4v) is 3.37. The number of para-hydroxylation sites is 1. The Morgan fingerprint density at radius 3 is 2.75 bits per heavy atom. The highest BCUT2D eigenvalue weighted by Gasteiger charge is 2.18. The van der Waals surface area contributed by atoms with Crippen LogP contribution in [-0.4, -0.2) is 64.4 Å². The van der Waals surface area contributed by atoms with E-state index in [1.54, 1.807) is 17.0 Å². The summed E-state index contributed by atoms with van der Waals surface area (Å²) in [6, 6.07) is 15.5. The minimum absolute atomic E-state index is 0.0493. The zero-order valence-corrected chi connectivity index (χ0v) is 15.7. The number of rotatable bonds is 5. The van der Waals surface area contributed by atoms with Crippen molar-refractivity contribution in [2.75, 3.05) is 38.3 Å². The molecule has 0 radical (unpaired) electrons. The molecule has 0 spiro atoms. The highest BCUT2D eigenvalue weighted by Crippen LogP contribution is 2.23. The summed E-state index contributed by atoms with van der Waals surface area (Å²) < 4.78 is 6.99. The summed E-state index contributed by atoms with van der Waals surface area (Å²) in [7, 11) is 1.82. The molecule has 28 heavy (non-hydrogen) atoms. The molecule has 8 nitrogen and oxygen atoms in total. The number of hydrogen-bond donors (Lipinski definition) is 0. The summed E-state index contributed by atoms with van der Waals surface area (Å²) in [5, 5.41) is 11.2. The minimum Gasteiger partial charge on any atom is -0.378 e. The molecular weight excluding hydrogens is 356 g/mol. The normalized spacial score (nSPS) is 14.1. The molecule has 4 rings (SSSR count). The molecule has 0 bridgehead atoms. The van der Waals surface area contributed by atoms with Crippen LogP contribution in [0, 0.1) is 0 Å². The summed E-state index contributed by atoms with van der Waals surface area (Å²) in [5.74, 6) is -0.0493. The van der Waals surface area contributed by atoms with Gasteiger partial charge in [-0.3, -0.25) is 4.79 Å². The van der Waals surface area contributed by atoms with E-state index in [4.69, 9.17) is 4.74 Å². The first-order chi connectivity index (χ1) is 13.7. The number of carbonyl (C=O) groups excluding carboxylic acids is 1. The van der Waals surface area contributed by atoms with Crippen LogP contribution in [0.5, 0.6) is 0 Å². The average molecular weight is 378 g/mol. The van der Waals surface area contributed by atoms with Crippen molar-refractivity contribution >= 4 is 11.6 Å². The lowest BCUT2D eigenvalue weighted by Crippen LogP contribution is -2.37. The van der Waals surface area contributed by atoms with Crippen molar-refractivity contribution in [3.8, 4) is 5.69 Å². The molecule has 1 saturated heterocycles. The van der Waals surface area contributed by atoms with Crippen LogP contribution in [0.1, 0.15) is 15.9 Å². The number of ether oxygens (including phenoxy) is 1. The van der Waals surface area contributed by atoms with Crippen LogP contribution in [0.4, 0.5) is 5.69 Å². The third-order valence-electron chi connectivity index (χ3n) is 4.80. The van der Waals surface area contributed by atoms with E-state index >= 15 is 0 Å². The van der Waals surface area contributed by atoms with Gasteiger partial charge in [0.05, 0.1) is 18.9 Å². The molecule has 8 heteroatoms. The number of tetrazole rings is 1. The summed E-state index contributed by atoms with van der Waals surface area (Å²) in [4.78, 5) is 17.0. The van der Waals surface area contributed by atoms with E-state index in [9.17, 15) is 4.79 Å². The van der Waals surface area contributed by atoms with Crippen molar-refractivity contribution in [1.82, 2.24) is 25.1 Å². The summed E-state index contributed by atoms with van der Waals surface area (Å²) in [6.07, 6.45) is 1.51. The van der Waals surface area contributed by atoms with Crippen LogP contribution in [0.2, 0.25) is 0 Å². The van der Waals surface area contributed by atoms with Crippen LogP contribution in [0.15, 0.2) is 54.9 Å². The maximum atomic E-state index is 13.0. The Kier molecular flexibility index (Phi) is 5.29. The van der Waals surface area contributed by atoms with Crippen LogP contribution >= 0.6 is 0 Å². The molecule has 2 aromatic carbocycles. The zero-order chi connectivity index (χ0) is 19.3. The topological polar surface area (TPSA) is 76.4 Å². The third kappa shape index (κ3) is 3.86. The van der Waals surface area contributed by atoms with E-state index < -0.39 is 0 Å². The van der Waals surface area contributed by atoms with Gasteiger partial charge in [-0.25, -0.2) is 4.68 Å². The van der Waals surface area contributed by atoms with E-state index in [-0.39, 0.29) is 5.91 Å². The number of benzene rings is 2. The largest absolute Gasteiger partial charge is 0.378 e. The summed E-state index contributed by atoms with van der Waals surface area (Å²) >= 11 is 0. The van der Waals surface area contributed by atoms with Crippen LogP contribution in [0.25, 0.3) is 5.69 Å². The van der Waals surface area contributed by atoms with Crippen LogP contribution in [-0.2, 0) is 11.3 Å². The van der Waals surface area contributed by atoms with Gasteiger partial charge in [-0.15, -0.1) is 5.10 Å². The standard InChI is InChI=1S/C20H22N6O2/c1-24(14-17-5-2-3-8-19(17)25-9-11-28-12-10-25)20(27)16-6-4-7-18(13-16)26-15-21-22-23-26/h2-8,13,15H,9-12,14H2,1H3. The number of hydrogen-bond acceptors (Lipinski definition) is 6. The van der Waals surface area contributed by atoms with E-state index in [0.29, 0.717) is 12.1 Å². The van der Waals surface area contributed by atoms with E-state index in [1.165, 1.54) is 11.0 Å². The maximum absolute atomic E-state index is 13.0. The maximum Gasteiger partial charge on any atom is 0.253 e. The SMILES string of the molecule is CN(Cc1ccccc1N1CCOCC1)C(=O)c1cccc(-n2cnnn2)c1. The van der Waals surface area contributed by atoms with Crippen molar-refractivity contribution in [1.29, 1.82) is 0 Å². The number of aromatic nitrogens is 4. The van der Waals surface area contributed by atoms with Gasteiger partial charge in [-0.05, 0) is 40.3 Å². The zero-order valence-electron chi connectivity index (χ0n) is 15.7. The van der Waals surface area contributed by atoms with Gasteiger partial charge < -0.3 is 14.5 Å². The molecule has 0 aliphatic carbocycles. The molecule has 0 unspecified atom stereocenters. The number of amides is 1. The monoisotopic (exact) mass is 378 g/mol. The Balaban J connectivity index is 1.52. The van der Waals surface area contributed by atoms with Crippen molar-refractivity contribution < 1.29 is 9.53 Å². The second-order valence-electron chi connectivity index (χ2n) is 6.69. The fraction of sp³-hybridized carbons (Fsp3) is 0.300. The van der Waals surface area contributed by atoms with Crippen LogP contribution < -0.4 is 4.90 Å². The Morgan fingerprint density at radius 2 is 1.96 bits per heavy atom. The lowest BCUT2D eigenvalue weighted by Gasteiger charge is -2.31. The minimum atomic E-state index is -0.0493. The van der Waals surface area contributed by atoms with Gasteiger partial charge in [-0.1, -0.05) is 24.3 Å². The van der Waals surface area contributed by atoms with Gasteiger partial charge in [0.2, 0.25) is 0 Å². The van der Waals surface area contributed by atoms with Crippen molar-refractivity contribution in [3.05, 3.63) is 66.0 Å². The van der Waals surface area contributed by atoms with Crippen molar-refractivity contribution in [2.24, 2.45) is 0 Å². The van der Waals surface area contributed by atoms with Gasteiger partial charge in [-0.2, -0.15) is 0 Å². The predicted molar refractivity (Wildman–Crippen MR) is 104 cm³/mol. The van der Waals surface area contributed by atoms with Gasteiger partial charge in [0.1, 0.15) is 6.33 Å². The molecular formula is C20H22N6O2. The van der Waals surface area contributed by atoms with Crippen molar-refractivity contribution in [3.63, 3.8) is 0 Å². The lowest BCUT2D eigenvalue weighted by molar-refractivity contribution is 0.0785. The Bertz CT molecular complexity index is 937. The summed E-state index contributed by atoms with van der Waals surface area (Å²) in [5.41, 5.74) is 3.63. The molecule has 144 valence electrons. The summed E-state index contributed by atoms with van der Waals surface area (Å²) in [6.45, 7) is 3.72. The molecule has 1 aliphatic rings. The Morgan fingerprint density at radius 1 is 1.14 bits per heavy atom. The van der Waals surface area contributed by atoms with E-state index in [1.807, 2.05) is 31.3 Å².